The third-order valence-electron chi connectivity index (χ3n) is 2.96. The molecule has 2 aromatic carbocycles. The lowest BCUT2D eigenvalue weighted by Gasteiger charge is -2.15. The molecule has 0 saturated heterocycles. The maximum absolute atomic E-state index is 10.2. The molecule has 0 heterocycles. The van der Waals surface area contributed by atoms with E-state index in [1.54, 1.807) is 6.92 Å². The number of hydrogen-bond donors (Lipinski definition) is 3. The Hall–Kier alpha value is -1.42. The molecule has 3 heteroatoms. The van der Waals surface area contributed by atoms with Crippen molar-refractivity contribution in [3.8, 4) is 0 Å². The summed E-state index contributed by atoms with van der Waals surface area (Å²) >= 11 is 0. The molecule has 0 spiro atoms. The van der Waals surface area contributed by atoms with Crippen LogP contribution in [0.1, 0.15) is 18.6 Å². The van der Waals surface area contributed by atoms with E-state index in [1.807, 2.05) is 42.5 Å². The highest BCUT2D eigenvalue weighted by Crippen LogP contribution is 2.23. The fraction of sp³-hybridized carbons (Fsp3) is 0.333. The van der Waals surface area contributed by atoms with E-state index in [0.717, 1.165) is 16.3 Å². The van der Waals surface area contributed by atoms with Crippen LogP contribution < -0.4 is 5.32 Å². The van der Waals surface area contributed by atoms with Gasteiger partial charge in [0.2, 0.25) is 0 Å². The van der Waals surface area contributed by atoms with Crippen molar-refractivity contribution >= 4 is 10.8 Å². The average Bonchev–Trinajstić information content (AvgIpc) is 2.37. The van der Waals surface area contributed by atoms with Gasteiger partial charge >= 0.3 is 0 Å². The molecule has 0 radical (unpaired) electrons. The third-order valence-corrected chi connectivity index (χ3v) is 2.96. The number of aliphatic hydroxyl groups excluding tert-OH is 2. The van der Waals surface area contributed by atoms with Gasteiger partial charge in [-0.05, 0) is 23.3 Å². The maximum atomic E-state index is 10.2. The molecule has 2 atom stereocenters. The fourth-order valence-corrected chi connectivity index (χ4v) is 2.08. The van der Waals surface area contributed by atoms with Crippen molar-refractivity contribution in [1.82, 2.24) is 5.32 Å². The summed E-state index contributed by atoms with van der Waals surface area (Å²) in [5.74, 6) is 0. The van der Waals surface area contributed by atoms with E-state index in [0.29, 0.717) is 13.1 Å². The van der Waals surface area contributed by atoms with Crippen molar-refractivity contribution in [2.24, 2.45) is 0 Å². The lowest BCUT2D eigenvalue weighted by Crippen LogP contribution is -2.28. The molecule has 0 saturated carbocycles. The summed E-state index contributed by atoms with van der Waals surface area (Å²) in [5.41, 5.74) is 0.922. The Morgan fingerprint density at radius 1 is 1.00 bits per heavy atom. The van der Waals surface area contributed by atoms with Crippen molar-refractivity contribution in [2.45, 2.75) is 19.1 Å². The standard InChI is InChI=1S/C15H19NO2/c1-11(17)9-16-10-15(18)14-8-4-6-12-5-2-3-7-13(12)14/h2-8,11,15-18H,9-10H2,1H3/t11-,15+/m1/s1. The quantitative estimate of drug-likeness (QED) is 0.753. The number of fused-ring (bicyclic) bond motifs is 1. The largest absolute Gasteiger partial charge is 0.392 e. The maximum Gasteiger partial charge on any atom is 0.0920 e. The van der Waals surface area contributed by atoms with Crippen molar-refractivity contribution in [1.29, 1.82) is 0 Å². The van der Waals surface area contributed by atoms with Crippen LogP contribution in [0.3, 0.4) is 0 Å². The number of rotatable bonds is 5. The van der Waals surface area contributed by atoms with Crippen LogP contribution in [0.4, 0.5) is 0 Å². The molecule has 0 aromatic heterocycles. The minimum absolute atomic E-state index is 0.398. The van der Waals surface area contributed by atoms with E-state index in [2.05, 4.69) is 5.32 Å². The van der Waals surface area contributed by atoms with Crippen molar-refractivity contribution in [3.63, 3.8) is 0 Å². The van der Waals surface area contributed by atoms with Crippen LogP contribution in [-0.2, 0) is 0 Å². The number of benzene rings is 2. The van der Waals surface area contributed by atoms with Gasteiger partial charge in [0, 0.05) is 13.1 Å². The zero-order chi connectivity index (χ0) is 13.0. The highest BCUT2D eigenvalue weighted by molar-refractivity contribution is 5.85. The minimum Gasteiger partial charge on any atom is -0.392 e. The van der Waals surface area contributed by atoms with E-state index >= 15 is 0 Å². The summed E-state index contributed by atoms with van der Waals surface area (Å²) in [7, 11) is 0. The molecule has 2 rings (SSSR count). The summed E-state index contributed by atoms with van der Waals surface area (Å²) in [6.45, 7) is 2.65. The van der Waals surface area contributed by atoms with Gasteiger partial charge in [0.1, 0.15) is 0 Å². The first-order valence-electron chi connectivity index (χ1n) is 6.23. The lowest BCUT2D eigenvalue weighted by atomic mass is 10.0. The van der Waals surface area contributed by atoms with Crippen LogP contribution in [-0.4, -0.2) is 29.4 Å². The molecule has 0 bridgehead atoms. The molecule has 0 amide bonds. The van der Waals surface area contributed by atoms with E-state index in [1.165, 1.54) is 0 Å². The normalized spacial score (nSPS) is 14.6. The lowest BCUT2D eigenvalue weighted by molar-refractivity contribution is 0.156. The molecular formula is C15H19NO2. The first-order chi connectivity index (χ1) is 8.68. The minimum atomic E-state index is -0.560. The highest BCUT2D eigenvalue weighted by Gasteiger charge is 2.10. The van der Waals surface area contributed by atoms with Crippen LogP contribution in [0.5, 0.6) is 0 Å². The molecule has 18 heavy (non-hydrogen) atoms. The molecule has 0 fully saturated rings. The average molecular weight is 245 g/mol. The molecule has 3 N–H and O–H groups in total. The Bertz CT molecular complexity index is 505. The van der Waals surface area contributed by atoms with Crippen LogP contribution in [0.15, 0.2) is 42.5 Å². The Morgan fingerprint density at radius 3 is 2.50 bits per heavy atom. The topological polar surface area (TPSA) is 52.5 Å². The number of hydrogen-bond acceptors (Lipinski definition) is 3. The van der Waals surface area contributed by atoms with Gasteiger partial charge in [-0.1, -0.05) is 42.5 Å². The second kappa shape index (κ2) is 5.96. The van der Waals surface area contributed by atoms with E-state index in [-0.39, 0.29) is 0 Å². The van der Waals surface area contributed by atoms with Crippen LogP contribution >= 0.6 is 0 Å². The molecule has 0 aliphatic rings. The number of nitrogens with one attached hydrogen (secondary N) is 1. The zero-order valence-corrected chi connectivity index (χ0v) is 10.5. The van der Waals surface area contributed by atoms with Crippen LogP contribution in [0.2, 0.25) is 0 Å². The highest BCUT2D eigenvalue weighted by atomic mass is 16.3. The first-order valence-corrected chi connectivity index (χ1v) is 6.23. The SMILES string of the molecule is C[C@@H](O)CNC[C@H](O)c1cccc2ccccc12. The molecule has 0 unspecified atom stereocenters. The summed E-state index contributed by atoms with van der Waals surface area (Å²) in [4.78, 5) is 0. The summed E-state index contributed by atoms with van der Waals surface area (Å²) in [5, 5.41) is 24.6. The predicted molar refractivity (Wildman–Crippen MR) is 73.5 cm³/mol. The first kappa shape index (κ1) is 13.0. The third kappa shape index (κ3) is 3.07. The van der Waals surface area contributed by atoms with Crippen molar-refractivity contribution in [3.05, 3.63) is 48.0 Å². The fourth-order valence-electron chi connectivity index (χ4n) is 2.08. The van der Waals surface area contributed by atoms with Gasteiger partial charge in [-0.3, -0.25) is 0 Å². The van der Waals surface area contributed by atoms with Gasteiger partial charge in [-0.15, -0.1) is 0 Å². The van der Waals surface area contributed by atoms with Gasteiger partial charge in [-0.25, -0.2) is 0 Å². The van der Waals surface area contributed by atoms with Gasteiger partial charge < -0.3 is 15.5 Å². The van der Waals surface area contributed by atoms with Crippen LogP contribution in [0.25, 0.3) is 10.8 Å². The number of aliphatic hydroxyl groups is 2. The van der Waals surface area contributed by atoms with Crippen molar-refractivity contribution < 1.29 is 10.2 Å². The monoisotopic (exact) mass is 245 g/mol. The van der Waals surface area contributed by atoms with Crippen LogP contribution in [0, 0.1) is 0 Å². The van der Waals surface area contributed by atoms with Gasteiger partial charge in [0.05, 0.1) is 12.2 Å². The molecule has 0 aliphatic heterocycles. The van der Waals surface area contributed by atoms with Gasteiger partial charge in [0.15, 0.2) is 0 Å². The molecule has 0 aliphatic carbocycles. The Kier molecular flexibility index (Phi) is 4.31. The van der Waals surface area contributed by atoms with Gasteiger partial charge in [-0.2, -0.15) is 0 Å². The second-order valence-electron chi connectivity index (χ2n) is 4.59. The van der Waals surface area contributed by atoms with E-state index < -0.39 is 12.2 Å². The predicted octanol–water partition coefficient (Wildman–Crippen LogP) is 1.84. The summed E-state index contributed by atoms with van der Waals surface area (Å²) < 4.78 is 0. The molecule has 3 nitrogen and oxygen atoms in total. The van der Waals surface area contributed by atoms with Crippen molar-refractivity contribution in [2.75, 3.05) is 13.1 Å². The molecule has 2 aromatic rings. The van der Waals surface area contributed by atoms with E-state index in [4.69, 9.17) is 5.11 Å². The Labute approximate surface area is 107 Å². The second-order valence-corrected chi connectivity index (χ2v) is 4.59. The summed E-state index contributed by atoms with van der Waals surface area (Å²) in [6.07, 6.45) is -0.959. The molecular weight excluding hydrogens is 226 g/mol. The summed E-state index contributed by atoms with van der Waals surface area (Å²) in [6, 6.07) is 13.9. The van der Waals surface area contributed by atoms with E-state index in [9.17, 15) is 5.11 Å². The van der Waals surface area contributed by atoms with Gasteiger partial charge in [0.25, 0.3) is 0 Å². The Morgan fingerprint density at radius 2 is 1.72 bits per heavy atom. The smallest absolute Gasteiger partial charge is 0.0920 e. The Balaban J connectivity index is 2.15. The molecule has 96 valence electrons. The zero-order valence-electron chi connectivity index (χ0n) is 10.5.